The van der Waals surface area contributed by atoms with E-state index in [2.05, 4.69) is 15.9 Å². The van der Waals surface area contributed by atoms with Crippen LogP contribution in [0.5, 0.6) is 5.75 Å². The Balaban J connectivity index is 1.62. The molecule has 0 spiro atoms. The quantitative estimate of drug-likeness (QED) is 0.251. The van der Waals surface area contributed by atoms with Crippen LogP contribution in [0.1, 0.15) is 11.3 Å². The lowest BCUT2D eigenvalue weighted by atomic mass is 10.0. The molecule has 150 valence electrons. The number of halogens is 2. The minimum Gasteiger partial charge on any atom is -0.460 e. The average molecular weight is 484 g/mol. The van der Waals surface area contributed by atoms with Gasteiger partial charge < -0.3 is 9.15 Å². The Hall–Kier alpha value is -2.89. The van der Waals surface area contributed by atoms with Gasteiger partial charge in [0.05, 0.1) is 17.4 Å². The third-order valence-electron chi connectivity index (χ3n) is 4.67. The summed E-state index contributed by atoms with van der Waals surface area (Å²) in [6.45, 7) is 1.75. The number of esters is 1. The van der Waals surface area contributed by atoms with Crippen molar-refractivity contribution < 1.29 is 13.9 Å². The zero-order valence-electron chi connectivity index (χ0n) is 15.9. The third kappa shape index (κ3) is 4.32. The van der Waals surface area contributed by atoms with Crippen molar-refractivity contribution in [3.8, 4) is 16.9 Å². The van der Waals surface area contributed by atoms with E-state index in [-0.39, 0.29) is 11.8 Å². The Morgan fingerprint density at radius 1 is 1.03 bits per heavy atom. The second-order valence-corrected chi connectivity index (χ2v) is 8.16. The number of hydrogen-bond donors (Lipinski definition) is 0. The van der Waals surface area contributed by atoms with Crippen LogP contribution in [0.25, 0.3) is 22.1 Å². The van der Waals surface area contributed by atoms with Crippen molar-refractivity contribution in [3.05, 3.63) is 97.8 Å². The van der Waals surface area contributed by atoms with Crippen molar-refractivity contribution in [2.45, 2.75) is 13.3 Å². The maximum atomic E-state index is 13.0. The van der Waals surface area contributed by atoms with Crippen LogP contribution in [0.3, 0.4) is 0 Å². The standard InChI is InChI=1S/C24H16BrClO4/c1-14-23(16-4-6-17(25)7-5-16)24(28)20-11-10-19(13-21(20)29-14)30-22(27)12-15-2-8-18(26)9-3-15/h2-11,13H,12H2,1H3. The number of ether oxygens (including phenoxy) is 1. The molecule has 4 nitrogen and oxygen atoms in total. The van der Waals surface area contributed by atoms with Gasteiger partial charge in [0.25, 0.3) is 0 Å². The highest BCUT2D eigenvalue weighted by Gasteiger charge is 2.15. The van der Waals surface area contributed by atoms with Crippen molar-refractivity contribution >= 4 is 44.5 Å². The van der Waals surface area contributed by atoms with E-state index in [0.29, 0.717) is 33.1 Å². The minimum atomic E-state index is -0.415. The molecular formula is C24H16BrClO4. The number of fused-ring (bicyclic) bond motifs is 1. The van der Waals surface area contributed by atoms with Gasteiger partial charge in [-0.05, 0) is 54.4 Å². The van der Waals surface area contributed by atoms with Gasteiger partial charge in [-0.2, -0.15) is 0 Å². The molecule has 1 aromatic heterocycles. The molecule has 0 amide bonds. The first-order valence-corrected chi connectivity index (χ1v) is 10.4. The van der Waals surface area contributed by atoms with E-state index >= 15 is 0 Å². The molecule has 0 fully saturated rings. The molecule has 3 aromatic carbocycles. The normalized spacial score (nSPS) is 10.9. The predicted molar refractivity (Wildman–Crippen MR) is 121 cm³/mol. The molecule has 0 radical (unpaired) electrons. The van der Waals surface area contributed by atoms with Crippen molar-refractivity contribution in [2.75, 3.05) is 0 Å². The van der Waals surface area contributed by atoms with Crippen molar-refractivity contribution in [1.82, 2.24) is 0 Å². The summed E-state index contributed by atoms with van der Waals surface area (Å²) < 4.78 is 12.2. The van der Waals surface area contributed by atoms with E-state index in [1.807, 2.05) is 24.3 Å². The lowest BCUT2D eigenvalue weighted by molar-refractivity contribution is -0.133. The Bertz CT molecular complexity index is 1290. The molecule has 0 saturated carbocycles. The fraction of sp³-hybridized carbons (Fsp3) is 0.0833. The largest absolute Gasteiger partial charge is 0.460 e. The molecule has 0 unspecified atom stereocenters. The number of rotatable bonds is 4. The van der Waals surface area contributed by atoms with Gasteiger partial charge in [-0.1, -0.05) is 51.8 Å². The van der Waals surface area contributed by atoms with E-state index in [0.717, 1.165) is 15.6 Å². The molecule has 0 aliphatic heterocycles. The Kier molecular flexibility index (Phi) is 5.75. The number of hydrogen-bond acceptors (Lipinski definition) is 4. The van der Waals surface area contributed by atoms with Crippen LogP contribution in [0.2, 0.25) is 5.02 Å². The van der Waals surface area contributed by atoms with Gasteiger partial charge in [0, 0.05) is 15.6 Å². The number of carbonyl (C=O) groups is 1. The summed E-state index contributed by atoms with van der Waals surface area (Å²) in [5.41, 5.74) is 2.34. The van der Waals surface area contributed by atoms with Crippen molar-refractivity contribution in [1.29, 1.82) is 0 Å². The van der Waals surface area contributed by atoms with Crippen molar-refractivity contribution in [2.24, 2.45) is 0 Å². The molecule has 0 aliphatic rings. The second kappa shape index (κ2) is 8.46. The van der Waals surface area contributed by atoms with E-state index in [1.54, 1.807) is 49.4 Å². The van der Waals surface area contributed by atoms with Crippen LogP contribution in [-0.2, 0) is 11.2 Å². The molecular weight excluding hydrogens is 468 g/mol. The summed E-state index contributed by atoms with van der Waals surface area (Å²) in [7, 11) is 0. The molecule has 4 rings (SSSR count). The molecule has 30 heavy (non-hydrogen) atoms. The molecule has 0 atom stereocenters. The third-order valence-corrected chi connectivity index (χ3v) is 5.45. The monoisotopic (exact) mass is 482 g/mol. The lowest BCUT2D eigenvalue weighted by Gasteiger charge is -2.09. The molecule has 6 heteroatoms. The van der Waals surface area contributed by atoms with E-state index in [4.69, 9.17) is 20.8 Å². The highest BCUT2D eigenvalue weighted by molar-refractivity contribution is 9.10. The van der Waals surface area contributed by atoms with E-state index < -0.39 is 5.97 Å². The molecule has 0 N–H and O–H groups in total. The second-order valence-electron chi connectivity index (χ2n) is 6.80. The van der Waals surface area contributed by atoms with Crippen LogP contribution in [0, 0.1) is 6.92 Å². The fourth-order valence-electron chi connectivity index (χ4n) is 3.24. The topological polar surface area (TPSA) is 56.5 Å². The lowest BCUT2D eigenvalue weighted by Crippen LogP contribution is -2.12. The summed E-state index contributed by atoms with van der Waals surface area (Å²) in [6, 6.07) is 19.3. The van der Waals surface area contributed by atoms with Crippen molar-refractivity contribution in [3.63, 3.8) is 0 Å². The zero-order chi connectivity index (χ0) is 21.3. The Labute approximate surface area is 186 Å². The van der Waals surface area contributed by atoms with Gasteiger partial charge in [0.2, 0.25) is 5.43 Å². The zero-order valence-corrected chi connectivity index (χ0v) is 18.3. The summed E-state index contributed by atoms with van der Waals surface area (Å²) in [5, 5.41) is 1.03. The van der Waals surface area contributed by atoms with Crippen LogP contribution in [0.15, 0.2) is 80.4 Å². The van der Waals surface area contributed by atoms with Gasteiger partial charge in [-0.15, -0.1) is 0 Å². The predicted octanol–water partition coefficient (Wildman–Crippen LogP) is 6.33. The summed E-state index contributed by atoms with van der Waals surface area (Å²) in [6.07, 6.45) is 0.112. The first-order chi connectivity index (χ1) is 14.4. The van der Waals surface area contributed by atoms with Gasteiger partial charge in [-0.25, -0.2) is 0 Å². The van der Waals surface area contributed by atoms with Gasteiger partial charge in [0.15, 0.2) is 0 Å². The highest BCUT2D eigenvalue weighted by atomic mass is 79.9. The van der Waals surface area contributed by atoms with Gasteiger partial charge in [0.1, 0.15) is 17.1 Å². The first-order valence-electron chi connectivity index (χ1n) is 9.19. The fourth-order valence-corrected chi connectivity index (χ4v) is 3.63. The van der Waals surface area contributed by atoms with Crippen LogP contribution in [-0.4, -0.2) is 5.97 Å². The first kappa shape index (κ1) is 20.4. The average Bonchev–Trinajstić information content (AvgIpc) is 2.71. The van der Waals surface area contributed by atoms with E-state index in [1.165, 1.54) is 0 Å². The summed E-state index contributed by atoms with van der Waals surface area (Å²) in [5.74, 6) is 0.405. The Morgan fingerprint density at radius 3 is 2.43 bits per heavy atom. The highest BCUT2D eigenvalue weighted by Crippen LogP contribution is 2.27. The molecule has 0 aliphatic carbocycles. The number of carbonyl (C=O) groups excluding carboxylic acids is 1. The number of aryl methyl sites for hydroxylation is 1. The summed E-state index contributed by atoms with van der Waals surface area (Å²) >= 11 is 9.26. The van der Waals surface area contributed by atoms with Gasteiger partial charge >= 0.3 is 5.97 Å². The van der Waals surface area contributed by atoms with Crippen LogP contribution in [0.4, 0.5) is 0 Å². The maximum Gasteiger partial charge on any atom is 0.315 e. The molecule has 0 saturated heterocycles. The molecule has 4 aromatic rings. The van der Waals surface area contributed by atoms with E-state index in [9.17, 15) is 9.59 Å². The summed E-state index contributed by atoms with van der Waals surface area (Å²) in [4.78, 5) is 25.3. The van der Waals surface area contributed by atoms with Crippen LogP contribution < -0.4 is 10.2 Å². The SMILES string of the molecule is Cc1oc2cc(OC(=O)Cc3ccc(Cl)cc3)ccc2c(=O)c1-c1ccc(Br)cc1. The Morgan fingerprint density at radius 2 is 1.73 bits per heavy atom. The molecule has 1 heterocycles. The minimum absolute atomic E-state index is 0.112. The maximum absolute atomic E-state index is 13.0. The smallest absolute Gasteiger partial charge is 0.315 e. The van der Waals surface area contributed by atoms with Gasteiger partial charge in [-0.3, -0.25) is 9.59 Å². The number of benzene rings is 3. The molecule has 0 bridgehead atoms. The van der Waals surface area contributed by atoms with Crippen LogP contribution >= 0.6 is 27.5 Å².